The van der Waals surface area contributed by atoms with Crippen LogP contribution in [0.1, 0.15) is 6.04 Å². The van der Waals surface area contributed by atoms with Crippen molar-refractivity contribution in [3.05, 3.63) is 30.6 Å². The average Bonchev–Trinajstić information content (AvgIpc) is 3.23. The molecule has 1 fully saturated rings. The van der Waals surface area contributed by atoms with Crippen molar-refractivity contribution in [2.24, 2.45) is 5.92 Å². The Balaban J connectivity index is 1.90. The minimum absolute atomic E-state index is 0.0355. The van der Waals surface area contributed by atoms with Crippen LogP contribution >= 0.6 is 0 Å². The van der Waals surface area contributed by atoms with E-state index in [2.05, 4.69) is 9.97 Å². The fourth-order valence-electron chi connectivity index (χ4n) is 2.91. The van der Waals surface area contributed by atoms with Crippen LogP contribution in [0.4, 0.5) is 0 Å². The van der Waals surface area contributed by atoms with Crippen LogP contribution in [0.15, 0.2) is 30.6 Å². The molecule has 0 N–H and O–H groups in total. The summed E-state index contributed by atoms with van der Waals surface area (Å²) in [6.45, 7) is 0.849. The van der Waals surface area contributed by atoms with Crippen LogP contribution in [0.5, 0.6) is 5.88 Å². The van der Waals surface area contributed by atoms with Crippen LogP contribution < -0.4 is 4.74 Å². The van der Waals surface area contributed by atoms with Gasteiger partial charge in [0.05, 0.1) is 32.1 Å². The molecule has 2 atom stereocenters. The van der Waals surface area contributed by atoms with Crippen molar-refractivity contribution in [2.75, 3.05) is 40.2 Å². The summed E-state index contributed by atoms with van der Waals surface area (Å²) in [5.41, 5.74) is 0.672. The number of hydrogen-bond acceptors (Lipinski definition) is 6. The summed E-state index contributed by atoms with van der Waals surface area (Å²) in [5, 5.41) is 0. The van der Waals surface area contributed by atoms with Gasteiger partial charge in [0.2, 0.25) is 15.9 Å². The number of methoxy groups -OCH3 is 1. The molecule has 0 bridgehead atoms. The highest BCUT2D eigenvalue weighted by Gasteiger charge is 2.35. The lowest BCUT2D eigenvalue weighted by molar-refractivity contribution is 0.182. The molecule has 136 valence electrons. The Kier molecular flexibility index (Phi) is 5.07. The number of hydrogen-bond donors (Lipinski definition) is 0. The third kappa shape index (κ3) is 3.68. The Morgan fingerprint density at radius 1 is 1.36 bits per heavy atom. The van der Waals surface area contributed by atoms with Gasteiger partial charge in [-0.2, -0.15) is 0 Å². The highest BCUT2D eigenvalue weighted by Crippen LogP contribution is 2.31. The number of pyridine rings is 1. The fourth-order valence-corrected chi connectivity index (χ4v) is 4.06. The summed E-state index contributed by atoms with van der Waals surface area (Å²) in [4.78, 5) is 8.82. The molecular formula is C16H22N4O4S. The number of sulfonamides is 1. The lowest BCUT2D eigenvalue weighted by Crippen LogP contribution is -2.32. The molecule has 2 aromatic heterocycles. The zero-order valence-corrected chi connectivity index (χ0v) is 15.3. The normalized spacial score (nSPS) is 21.0. The smallest absolute Gasteiger partial charge is 0.214 e. The van der Waals surface area contributed by atoms with Crippen LogP contribution in [0, 0.1) is 5.92 Å². The molecule has 0 aliphatic carbocycles. The first-order valence-corrected chi connectivity index (χ1v) is 9.55. The minimum atomic E-state index is -3.31. The fraction of sp³-hybridized carbons (Fsp3) is 0.500. The SMILES string of the molecule is COc1cccc(-c2nccn2[C@@H]2COC[C@H]2CS(=O)(=O)N(C)C)n1. The van der Waals surface area contributed by atoms with Gasteiger partial charge in [0, 0.05) is 38.5 Å². The monoisotopic (exact) mass is 366 g/mol. The van der Waals surface area contributed by atoms with Crippen LogP contribution in [0.3, 0.4) is 0 Å². The van der Waals surface area contributed by atoms with Crippen molar-refractivity contribution < 1.29 is 17.9 Å². The van der Waals surface area contributed by atoms with E-state index in [1.807, 2.05) is 22.9 Å². The van der Waals surface area contributed by atoms with E-state index in [9.17, 15) is 8.42 Å². The van der Waals surface area contributed by atoms with Gasteiger partial charge in [0.15, 0.2) is 5.82 Å². The first-order valence-electron chi connectivity index (χ1n) is 7.94. The molecule has 0 unspecified atom stereocenters. The van der Waals surface area contributed by atoms with Crippen LogP contribution in [-0.2, 0) is 14.8 Å². The van der Waals surface area contributed by atoms with Crippen LogP contribution in [-0.4, -0.2) is 67.4 Å². The molecule has 1 aliphatic heterocycles. The molecule has 3 rings (SSSR count). The predicted molar refractivity (Wildman–Crippen MR) is 92.8 cm³/mol. The van der Waals surface area contributed by atoms with Crippen molar-refractivity contribution >= 4 is 10.0 Å². The van der Waals surface area contributed by atoms with E-state index in [-0.39, 0.29) is 17.7 Å². The van der Waals surface area contributed by atoms with Crippen molar-refractivity contribution in [1.82, 2.24) is 18.8 Å². The van der Waals surface area contributed by atoms with Gasteiger partial charge in [-0.25, -0.2) is 22.7 Å². The maximum Gasteiger partial charge on any atom is 0.214 e. The zero-order valence-electron chi connectivity index (χ0n) is 14.5. The van der Waals surface area contributed by atoms with Crippen molar-refractivity contribution in [2.45, 2.75) is 6.04 Å². The first-order chi connectivity index (χ1) is 11.9. The molecule has 0 radical (unpaired) electrons. The van der Waals surface area contributed by atoms with E-state index in [0.29, 0.717) is 30.6 Å². The molecule has 3 heterocycles. The van der Waals surface area contributed by atoms with Gasteiger partial charge in [-0.3, -0.25) is 0 Å². The summed E-state index contributed by atoms with van der Waals surface area (Å²) < 4.78 is 38.5. The van der Waals surface area contributed by atoms with Gasteiger partial charge in [-0.15, -0.1) is 0 Å². The molecule has 8 nitrogen and oxygen atoms in total. The van der Waals surface area contributed by atoms with Gasteiger partial charge >= 0.3 is 0 Å². The topological polar surface area (TPSA) is 86.5 Å². The van der Waals surface area contributed by atoms with Gasteiger partial charge in [-0.05, 0) is 6.07 Å². The van der Waals surface area contributed by atoms with Crippen molar-refractivity contribution in [3.63, 3.8) is 0 Å². The lowest BCUT2D eigenvalue weighted by Gasteiger charge is -2.22. The number of rotatable bonds is 6. The number of aromatic nitrogens is 3. The molecule has 25 heavy (non-hydrogen) atoms. The summed E-state index contributed by atoms with van der Waals surface area (Å²) in [6, 6.07) is 5.35. The van der Waals surface area contributed by atoms with E-state index in [0.717, 1.165) is 0 Å². The maximum atomic E-state index is 12.3. The van der Waals surface area contributed by atoms with E-state index in [4.69, 9.17) is 9.47 Å². The maximum absolute atomic E-state index is 12.3. The summed E-state index contributed by atoms with van der Waals surface area (Å²) in [5.74, 6) is 1.06. The molecule has 0 aromatic carbocycles. The molecule has 2 aromatic rings. The molecule has 1 aliphatic rings. The van der Waals surface area contributed by atoms with E-state index >= 15 is 0 Å². The second-order valence-electron chi connectivity index (χ2n) is 6.15. The predicted octanol–water partition coefficient (Wildman–Crippen LogP) is 1.03. The van der Waals surface area contributed by atoms with Crippen molar-refractivity contribution in [1.29, 1.82) is 0 Å². The molecule has 9 heteroatoms. The Hall–Kier alpha value is -1.97. The Bertz CT molecular complexity index is 834. The summed E-state index contributed by atoms with van der Waals surface area (Å²) in [6.07, 6.45) is 3.53. The summed E-state index contributed by atoms with van der Waals surface area (Å²) in [7, 11) is 1.34. The van der Waals surface area contributed by atoms with Gasteiger partial charge in [-0.1, -0.05) is 6.07 Å². The highest BCUT2D eigenvalue weighted by atomic mass is 32.2. The van der Waals surface area contributed by atoms with Gasteiger partial charge < -0.3 is 14.0 Å². The second kappa shape index (κ2) is 7.11. The Morgan fingerprint density at radius 2 is 2.16 bits per heavy atom. The molecule has 1 saturated heterocycles. The third-order valence-corrected chi connectivity index (χ3v) is 6.30. The Morgan fingerprint density at radius 3 is 2.88 bits per heavy atom. The minimum Gasteiger partial charge on any atom is -0.481 e. The standard InChI is InChI=1S/C16H22N4O4S/c1-19(2)25(21,22)11-12-9-24-10-14(12)20-8-7-17-16(20)13-5-4-6-15(18-13)23-3/h4-8,12,14H,9-11H2,1-3H3/t12-,14+/m0/s1. The number of ether oxygens (including phenoxy) is 2. The van der Waals surface area contributed by atoms with Gasteiger partial charge in [0.25, 0.3) is 0 Å². The second-order valence-corrected chi connectivity index (χ2v) is 8.38. The molecule has 0 amide bonds. The van der Waals surface area contributed by atoms with E-state index < -0.39 is 10.0 Å². The third-order valence-electron chi connectivity index (χ3n) is 4.33. The molecule has 0 spiro atoms. The first kappa shape index (κ1) is 17.8. The highest BCUT2D eigenvalue weighted by molar-refractivity contribution is 7.89. The number of nitrogens with zero attached hydrogens (tertiary/aromatic N) is 4. The van der Waals surface area contributed by atoms with E-state index in [1.54, 1.807) is 33.5 Å². The van der Waals surface area contributed by atoms with Crippen LogP contribution in [0.2, 0.25) is 0 Å². The quantitative estimate of drug-likeness (QED) is 0.759. The largest absolute Gasteiger partial charge is 0.481 e. The van der Waals surface area contributed by atoms with Crippen molar-refractivity contribution in [3.8, 4) is 17.4 Å². The average molecular weight is 366 g/mol. The number of imidazole rings is 1. The molecule has 0 saturated carbocycles. The van der Waals surface area contributed by atoms with Crippen LogP contribution in [0.25, 0.3) is 11.5 Å². The van der Waals surface area contributed by atoms with Gasteiger partial charge in [0.1, 0.15) is 5.69 Å². The molecular weight excluding hydrogens is 344 g/mol. The lowest BCUT2D eigenvalue weighted by atomic mass is 10.1. The van der Waals surface area contributed by atoms with E-state index in [1.165, 1.54) is 4.31 Å². The zero-order chi connectivity index (χ0) is 18.0. The Labute approximate surface area is 147 Å². The summed E-state index contributed by atoms with van der Waals surface area (Å²) >= 11 is 0.